The third kappa shape index (κ3) is 3.89. The number of halogens is 3. The zero-order valence-corrected chi connectivity index (χ0v) is 14.8. The standard InChI is InChI=1S/C21H17F3N4/c22-21(23,24)18-10-11-19-26-27-20(28(19)14-18)13-25-12-15-6-8-17(9-7-15)16-4-2-1-3-5-16/h1-11,14,25H,12-13H2. The van der Waals surface area contributed by atoms with Crippen molar-refractivity contribution in [2.75, 3.05) is 0 Å². The van der Waals surface area contributed by atoms with Crippen molar-refractivity contribution in [3.63, 3.8) is 0 Å². The minimum atomic E-state index is -4.40. The van der Waals surface area contributed by atoms with Crippen LogP contribution in [0.3, 0.4) is 0 Å². The minimum Gasteiger partial charge on any atom is -0.306 e. The van der Waals surface area contributed by atoms with E-state index in [1.165, 1.54) is 10.5 Å². The average Bonchev–Trinajstić information content (AvgIpc) is 3.11. The summed E-state index contributed by atoms with van der Waals surface area (Å²) in [6.45, 7) is 0.881. The van der Waals surface area contributed by atoms with Crippen molar-refractivity contribution in [2.24, 2.45) is 0 Å². The molecule has 2 aromatic heterocycles. The highest BCUT2D eigenvalue weighted by atomic mass is 19.4. The SMILES string of the molecule is FC(F)(F)c1ccc2nnc(CNCc3ccc(-c4ccccc4)cc3)n2c1. The van der Waals surface area contributed by atoms with Crippen LogP contribution in [0.15, 0.2) is 72.9 Å². The number of aromatic nitrogens is 3. The van der Waals surface area contributed by atoms with Crippen LogP contribution in [0.2, 0.25) is 0 Å². The van der Waals surface area contributed by atoms with Gasteiger partial charge in [0.1, 0.15) is 0 Å². The molecule has 4 nitrogen and oxygen atoms in total. The normalized spacial score (nSPS) is 11.8. The summed E-state index contributed by atoms with van der Waals surface area (Å²) in [5.74, 6) is 0.432. The maximum atomic E-state index is 12.9. The number of hydrogen-bond acceptors (Lipinski definition) is 3. The van der Waals surface area contributed by atoms with Crippen molar-refractivity contribution in [1.82, 2.24) is 19.9 Å². The van der Waals surface area contributed by atoms with E-state index in [1.54, 1.807) is 0 Å². The second-order valence-corrected chi connectivity index (χ2v) is 6.43. The molecular formula is C21H17F3N4. The van der Waals surface area contributed by atoms with Gasteiger partial charge in [-0.1, -0.05) is 54.6 Å². The first-order valence-corrected chi connectivity index (χ1v) is 8.77. The number of alkyl halides is 3. The number of nitrogens with zero attached hydrogens (tertiary/aromatic N) is 3. The quantitative estimate of drug-likeness (QED) is 0.544. The van der Waals surface area contributed by atoms with Crippen molar-refractivity contribution >= 4 is 5.65 Å². The summed E-state index contributed by atoms with van der Waals surface area (Å²) in [7, 11) is 0. The summed E-state index contributed by atoms with van der Waals surface area (Å²) < 4.78 is 40.1. The Kier molecular flexibility index (Phi) is 4.83. The number of nitrogens with one attached hydrogen (secondary N) is 1. The number of benzene rings is 2. The predicted molar refractivity (Wildman–Crippen MR) is 100 cm³/mol. The summed E-state index contributed by atoms with van der Waals surface area (Å²) in [4.78, 5) is 0. The molecule has 0 amide bonds. The Labute approximate surface area is 159 Å². The average molecular weight is 382 g/mol. The zero-order valence-electron chi connectivity index (χ0n) is 14.8. The van der Waals surface area contributed by atoms with Crippen LogP contribution in [-0.4, -0.2) is 14.6 Å². The van der Waals surface area contributed by atoms with Crippen LogP contribution in [0.4, 0.5) is 13.2 Å². The highest BCUT2D eigenvalue weighted by Gasteiger charge is 2.31. The van der Waals surface area contributed by atoms with Gasteiger partial charge in [0, 0.05) is 12.7 Å². The van der Waals surface area contributed by atoms with E-state index < -0.39 is 11.7 Å². The lowest BCUT2D eigenvalue weighted by Gasteiger charge is -2.08. The van der Waals surface area contributed by atoms with Gasteiger partial charge in [-0.15, -0.1) is 10.2 Å². The highest BCUT2D eigenvalue weighted by molar-refractivity contribution is 5.63. The molecule has 28 heavy (non-hydrogen) atoms. The first kappa shape index (κ1) is 18.2. The van der Waals surface area contributed by atoms with Gasteiger partial charge in [-0.2, -0.15) is 13.2 Å². The van der Waals surface area contributed by atoms with Crippen molar-refractivity contribution in [1.29, 1.82) is 0 Å². The van der Waals surface area contributed by atoms with Gasteiger partial charge in [0.25, 0.3) is 0 Å². The first-order chi connectivity index (χ1) is 13.5. The largest absolute Gasteiger partial charge is 0.417 e. The highest BCUT2D eigenvalue weighted by Crippen LogP contribution is 2.29. The maximum Gasteiger partial charge on any atom is 0.417 e. The molecule has 142 valence electrons. The molecule has 0 aliphatic carbocycles. The molecule has 7 heteroatoms. The Morgan fingerprint density at radius 3 is 2.21 bits per heavy atom. The molecule has 0 unspecified atom stereocenters. The summed E-state index contributed by atoms with van der Waals surface area (Å²) in [5, 5.41) is 11.1. The summed E-state index contributed by atoms with van der Waals surface area (Å²) >= 11 is 0. The van der Waals surface area contributed by atoms with Crippen molar-refractivity contribution in [2.45, 2.75) is 19.3 Å². The number of rotatable bonds is 5. The van der Waals surface area contributed by atoms with Crippen LogP contribution in [0.5, 0.6) is 0 Å². The van der Waals surface area contributed by atoms with Gasteiger partial charge in [-0.25, -0.2) is 0 Å². The Morgan fingerprint density at radius 2 is 1.50 bits per heavy atom. The smallest absolute Gasteiger partial charge is 0.306 e. The molecule has 2 heterocycles. The molecule has 4 rings (SSSR count). The van der Waals surface area contributed by atoms with E-state index in [0.717, 1.165) is 29.0 Å². The van der Waals surface area contributed by atoms with Crippen LogP contribution < -0.4 is 5.32 Å². The van der Waals surface area contributed by atoms with Crippen molar-refractivity contribution in [3.8, 4) is 11.1 Å². The molecule has 0 saturated heterocycles. The van der Waals surface area contributed by atoms with Crippen LogP contribution in [-0.2, 0) is 19.3 Å². The van der Waals surface area contributed by atoms with Gasteiger partial charge < -0.3 is 5.32 Å². The molecule has 1 N–H and O–H groups in total. The number of pyridine rings is 1. The van der Waals surface area contributed by atoms with Gasteiger partial charge in [0.15, 0.2) is 11.5 Å². The van der Waals surface area contributed by atoms with Crippen molar-refractivity contribution in [3.05, 3.63) is 89.9 Å². The van der Waals surface area contributed by atoms with E-state index in [4.69, 9.17) is 0 Å². The third-order valence-corrected chi connectivity index (χ3v) is 4.47. The topological polar surface area (TPSA) is 42.2 Å². The molecule has 0 spiro atoms. The van der Waals surface area contributed by atoms with Gasteiger partial charge in [0.05, 0.1) is 12.1 Å². The van der Waals surface area contributed by atoms with Crippen LogP contribution in [0.1, 0.15) is 17.0 Å². The second-order valence-electron chi connectivity index (χ2n) is 6.43. The van der Waals surface area contributed by atoms with E-state index in [9.17, 15) is 13.2 Å². The lowest BCUT2D eigenvalue weighted by atomic mass is 10.0. The molecule has 2 aromatic carbocycles. The van der Waals surface area contributed by atoms with E-state index in [2.05, 4.69) is 39.8 Å². The Bertz CT molecular complexity index is 1070. The lowest BCUT2D eigenvalue weighted by Crippen LogP contribution is -2.15. The van der Waals surface area contributed by atoms with Crippen molar-refractivity contribution < 1.29 is 13.2 Å². The van der Waals surface area contributed by atoms with Crippen LogP contribution in [0.25, 0.3) is 16.8 Å². The van der Waals surface area contributed by atoms with Gasteiger partial charge in [-0.3, -0.25) is 4.40 Å². The fraction of sp³-hybridized carbons (Fsp3) is 0.143. The van der Waals surface area contributed by atoms with Gasteiger partial charge in [0.2, 0.25) is 0 Å². The Balaban J connectivity index is 1.42. The Hall–Kier alpha value is -3.19. The summed E-state index contributed by atoms with van der Waals surface area (Å²) in [6.07, 6.45) is -3.37. The summed E-state index contributed by atoms with van der Waals surface area (Å²) in [6, 6.07) is 20.6. The molecule has 0 radical (unpaired) electrons. The minimum absolute atomic E-state index is 0.308. The number of fused-ring (bicyclic) bond motifs is 1. The Morgan fingerprint density at radius 1 is 0.786 bits per heavy atom. The third-order valence-electron chi connectivity index (χ3n) is 4.47. The molecule has 4 aromatic rings. The molecule has 0 aliphatic rings. The molecule has 0 saturated carbocycles. The van der Waals surface area contributed by atoms with E-state index in [0.29, 0.717) is 24.6 Å². The fourth-order valence-electron chi connectivity index (χ4n) is 2.99. The van der Waals surface area contributed by atoms with E-state index in [1.807, 2.05) is 30.3 Å². The van der Waals surface area contributed by atoms with Gasteiger partial charge in [-0.05, 0) is 28.8 Å². The van der Waals surface area contributed by atoms with Gasteiger partial charge >= 0.3 is 6.18 Å². The predicted octanol–water partition coefficient (Wildman–Crippen LogP) is 4.70. The fourth-order valence-corrected chi connectivity index (χ4v) is 2.99. The second kappa shape index (κ2) is 7.44. The maximum absolute atomic E-state index is 12.9. The van der Waals surface area contributed by atoms with Crippen LogP contribution in [0, 0.1) is 0 Å². The lowest BCUT2D eigenvalue weighted by molar-refractivity contribution is -0.137. The zero-order chi connectivity index (χ0) is 19.6. The monoisotopic (exact) mass is 382 g/mol. The molecule has 0 fully saturated rings. The molecular weight excluding hydrogens is 365 g/mol. The van der Waals surface area contributed by atoms with E-state index in [-0.39, 0.29) is 0 Å². The molecule has 0 aliphatic heterocycles. The molecule has 0 atom stereocenters. The number of hydrogen-bond donors (Lipinski definition) is 1. The molecule has 0 bridgehead atoms. The summed E-state index contributed by atoms with van der Waals surface area (Å²) in [5.41, 5.74) is 3.02. The van der Waals surface area contributed by atoms with Crippen LogP contribution >= 0.6 is 0 Å². The van der Waals surface area contributed by atoms with E-state index >= 15 is 0 Å². The first-order valence-electron chi connectivity index (χ1n) is 8.77.